The van der Waals surface area contributed by atoms with E-state index in [4.69, 9.17) is 14.2 Å². The van der Waals surface area contributed by atoms with Crippen LogP contribution in [0.15, 0.2) is 48.5 Å². The second kappa shape index (κ2) is 10.3. The molecule has 0 spiro atoms. The van der Waals surface area contributed by atoms with Gasteiger partial charge in [-0.25, -0.2) is 9.18 Å². The minimum atomic E-state index is -0.286. The molecular formula is C21H25FNO4+. The van der Waals surface area contributed by atoms with Gasteiger partial charge in [-0.1, -0.05) is 24.3 Å². The summed E-state index contributed by atoms with van der Waals surface area (Å²) in [5.74, 6) is 0.766. The van der Waals surface area contributed by atoms with Crippen molar-refractivity contribution in [3.8, 4) is 11.5 Å². The number of carbonyl (C=O) groups excluding carboxylic acids is 1. The maximum atomic E-state index is 13.1. The van der Waals surface area contributed by atoms with E-state index in [-0.39, 0.29) is 18.3 Å². The van der Waals surface area contributed by atoms with Crippen molar-refractivity contribution in [1.29, 1.82) is 0 Å². The monoisotopic (exact) mass is 374 g/mol. The Labute approximate surface area is 159 Å². The Morgan fingerprint density at radius 1 is 1.04 bits per heavy atom. The molecule has 6 heteroatoms. The third kappa shape index (κ3) is 6.42. The fraction of sp³-hybridized carbons (Fsp3) is 0.286. The van der Waals surface area contributed by atoms with Gasteiger partial charge >= 0.3 is 5.97 Å². The van der Waals surface area contributed by atoms with E-state index in [0.29, 0.717) is 24.6 Å². The van der Waals surface area contributed by atoms with Crippen molar-refractivity contribution < 1.29 is 28.3 Å². The first-order valence-corrected chi connectivity index (χ1v) is 8.59. The summed E-state index contributed by atoms with van der Waals surface area (Å²) >= 11 is 0. The fourth-order valence-electron chi connectivity index (χ4n) is 2.69. The maximum Gasteiger partial charge on any atom is 0.361 e. The molecule has 1 unspecified atom stereocenters. The Bertz CT molecular complexity index is 774. The van der Waals surface area contributed by atoms with Crippen LogP contribution < -0.4 is 14.4 Å². The van der Waals surface area contributed by atoms with Crippen LogP contribution in [0.3, 0.4) is 0 Å². The Kier molecular flexibility index (Phi) is 7.82. The normalized spacial score (nSPS) is 12.0. The molecule has 0 saturated heterocycles. The summed E-state index contributed by atoms with van der Waals surface area (Å²) in [7, 11) is 4.56. The average molecular weight is 374 g/mol. The number of carbonyl (C=O) groups is 1. The lowest BCUT2D eigenvalue weighted by molar-refractivity contribution is -0.900. The molecule has 0 fully saturated rings. The highest BCUT2D eigenvalue weighted by Crippen LogP contribution is 2.27. The first-order valence-electron chi connectivity index (χ1n) is 8.59. The van der Waals surface area contributed by atoms with Crippen molar-refractivity contribution in [1.82, 2.24) is 0 Å². The predicted octanol–water partition coefficient (Wildman–Crippen LogP) is 2.11. The minimum absolute atomic E-state index is 0.226. The number of hydrogen-bond donors (Lipinski definition) is 1. The van der Waals surface area contributed by atoms with Crippen LogP contribution in [0, 0.1) is 5.82 Å². The number of esters is 1. The first-order chi connectivity index (χ1) is 13.0. The van der Waals surface area contributed by atoms with Crippen LogP contribution in [-0.4, -0.2) is 40.4 Å². The van der Waals surface area contributed by atoms with Crippen molar-refractivity contribution >= 4 is 12.0 Å². The van der Waals surface area contributed by atoms with Gasteiger partial charge in [-0.3, -0.25) is 0 Å². The number of methoxy groups -OCH3 is 3. The second-order valence-corrected chi connectivity index (χ2v) is 6.03. The van der Waals surface area contributed by atoms with Crippen LogP contribution in [0.4, 0.5) is 4.39 Å². The van der Waals surface area contributed by atoms with E-state index in [1.165, 1.54) is 19.2 Å². The van der Waals surface area contributed by atoms with Crippen LogP contribution in [0.25, 0.3) is 6.08 Å². The average Bonchev–Trinajstić information content (AvgIpc) is 2.69. The number of quaternary nitrogens is 1. The molecule has 0 heterocycles. The lowest BCUT2D eigenvalue weighted by atomic mass is 10.1. The zero-order chi connectivity index (χ0) is 19.6. The quantitative estimate of drug-likeness (QED) is 0.683. The summed E-state index contributed by atoms with van der Waals surface area (Å²) < 4.78 is 28.4. The van der Waals surface area contributed by atoms with Gasteiger partial charge in [0, 0.05) is 5.56 Å². The van der Waals surface area contributed by atoms with E-state index in [1.54, 1.807) is 26.4 Å². The Hall–Kier alpha value is -2.86. The van der Waals surface area contributed by atoms with E-state index in [2.05, 4.69) is 0 Å². The van der Waals surface area contributed by atoms with Gasteiger partial charge in [-0.15, -0.1) is 0 Å². The Morgan fingerprint density at radius 2 is 1.74 bits per heavy atom. The highest BCUT2D eigenvalue weighted by Gasteiger charge is 2.14. The first kappa shape index (κ1) is 20.5. The largest absolute Gasteiger partial charge is 0.493 e. The van der Waals surface area contributed by atoms with Gasteiger partial charge in [0.05, 0.1) is 27.9 Å². The molecule has 144 valence electrons. The van der Waals surface area contributed by atoms with E-state index >= 15 is 0 Å². The third-order valence-corrected chi connectivity index (χ3v) is 4.11. The second-order valence-electron chi connectivity index (χ2n) is 6.03. The molecule has 0 aliphatic heterocycles. The number of rotatable bonds is 9. The van der Waals surface area contributed by atoms with Gasteiger partial charge in [0.2, 0.25) is 0 Å². The minimum Gasteiger partial charge on any atom is -0.493 e. The summed E-state index contributed by atoms with van der Waals surface area (Å²) in [6.45, 7) is 1.43. The van der Waals surface area contributed by atoms with E-state index in [1.807, 2.05) is 30.4 Å². The van der Waals surface area contributed by atoms with Gasteiger partial charge in [0.25, 0.3) is 0 Å². The standard InChI is InChI=1S/C21H24FNO4/c1-25-19-11-8-16(13-20(19)26-2)5-4-12-23(15-21(24)27-3)14-17-6-9-18(22)10-7-17/h4-11,13H,12,14-15H2,1-3H3/p+1/b5-4+. The molecule has 5 nitrogen and oxygen atoms in total. The Balaban J connectivity index is 2.06. The van der Waals surface area contributed by atoms with Crippen LogP contribution in [0.5, 0.6) is 11.5 Å². The molecule has 27 heavy (non-hydrogen) atoms. The van der Waals surface area contributed by atoms with Crippen molar-refractivity contribution in [2.45, 2.75) is 6.54 Å². The lowest BCUT2D eigenvalue weighted by Crippen LogP contribution is -3.11. The summed E-state index contributed by atoms with van der Waals surface area (Å²) in [6, 6.07) is 12.0. The van der Waals surface area contributed by atoms with E-state index in [9.17, 15) is 9.18 Å². The van der Waals surface area contributed by atoms with Gasteiger partial charge in [-0.05, 0) is 35.9 Å². The third-order valence-electron chi connectivity index (χ3n) is 4.11. The summed E-state index contributed by atoms with van der Waals surface area (Å²) in [5.41, 5.74) is 1.92. The molecule has 0 aliphatic carbocycles. The summed E-state index contributed by atoms with van der Waals surface area (Å²) in [4.78, 5) is 12.7. The van der Waals surface area contributed by atoms with Crippen LogP contribution in [0.2, 0.25) is 0 Å². The van der Waals surface area contributed by atoms with Gasteiger partial charge in [0.1, 0.15) is 12.4 Å². The van der Waals surface area contributed by atoms with E-state index < -0.39 is 0 Å². The number of benzene rings is 2. The molecule has 1 atom stereocenters. The smallest absolute Gasteiger partial charge is 0.361 e. The number of ether oxygens (including phenoxy) is 3. The molecule has 0 bridgehead atoms. The SMILES string of the molecule is COC(=O)C[NH+](C/C=C/c1ccc(OC)c(OC)c1)Cc1ccc(F)cc1. The van der Waals surface area contributed by atoms with Crippen molar-refractivity contribution in [3.05, 3.63) is 65.5 Å². The molecule has 2 aromatic rings. The van der Waals surface area contributed by atoms with Crippen molar-refractivity contribution in [2.24, 2.45) is 0 Å². The number of hydrogen-bond acceptors (Lipinski definition) is 4. The van der Waals surface area contributed by atoms with Crippen molar-refractivity contribution in [2.75, 3.05) is 34.4 Å². The molecule has 2 aromatic carbocycles. The fourth-order valence-corrected chi connectivity index (χ4v) is 2.69. The van der Waals surface area contributed by atoms with Crippen LogP contribution in [-0.2, 0) is 16.1 Å². The molecule has 0 radical (unpaired) electrons. The number of nitrogens with one attached hydrogen (secondary N) is 1. The molecule has 0 aliphatic rings. The van der Waals surface area contributed by atoms with Gasteiger partial charge in [0.15, 0.2) is 18.0 Å². The van der Waals surface area contributed by atoms with Crippen LogP contribution in [0.1, 0.15) is 11.1 Å². The highest BCUT2D eigenvalue weighted by atomic mass is 19.1. The maximum absolute atomic E-state index is 13.1. The molecule has 2 rings (SSSR count). The summed E-state index contributed by atoms with van der Waals surface area (Å²) in [6.07, 6.45) is 3.95. The molecule has 0 aromatic heterocycles. The highest BCUT2D eigenvalue weighted by molar-refractivity contribution is 5.70. The molecule has 0 saturated carbocycles. The molecule has 0 amide bonds. The zero-order valence-electron chi connectivity index (χ0n) is 15.8. The van der Waals surface area contributed by atoms with Crippen LogP contribution >= 0.6 is 0 Å². The van der Waals surface area contributed by atoms with Gasteiger partial charge < -0.3 is 19.1 Å². The predicted molar refractivity (Wildman–Crippen MR) is 101 cm³/mol. The Morgan fingerprint density at radius 3 is 2.37 bits per heavy atom. The van der Waals surface area contributed by atoms with Crippen molar-refractivity contribution in [3.63, 3.8) is 0 Å². The zero-order valence-corrected chi connectivity index (χ0v) is 15.8. The molecular weight excluding hydrogens is 349 g/mol. The lowest BCUT2D eigenvalue weighted by Gasteiger charge is -2.16. The topological polar surface area (TPSA) is 49.2 Å². The van der Waals surface area contributed by atoms with Gasteiger partial charge in [-0.2, -0.15) is 0 Å². The molecule has 1 N–H and O–H groups in total. The summed E-state index contributed by atoms with van der Waals surface area (Å²) in [5, 5.41) is 0. The number of halogens is 1. The van der Waals surface area contributed by atoms with E-state index in [0.717, 1.165) is 16.0 Å².